The molecule has 4 aromatic carbocycles. The second-order valence-corrected chi connectivity index (χ2v) is 9.00. The minimum absolute atomic E-state index is 0.335. The molecule has 0 saturated heterocycles. The fourth-order valence-corrected chi connectivity index (χ4v) is 3.86. The molecule has 0 fully saturated rings. The summed E-state index contributed by atoms with van der Waals surface area (Å²) in [4.78, 5) is 25.3. The van der Waals surface area contributed by atoms with Crippen LogP contribution in [0.2, 0.25) is 0 Å². The predicted octanol–water partition coefficient (Wildman–Crippen LogP) is 6.18. The smallest absolute Gasteiger partial charge is 0.343 e. The number of benzene rings is 4. The molecule has 0 aliphatic carbocycles. The van der Waals surface area contributed by atoms with Gasteiger partial charge in [-0.25, -0.2) is 9.59 Å². The maximum atomic E-state index is 12.7. The van der Waals surface area contributed by atoms with Gasteiger partial charge in [0.1, 0.15) is 17.2 Å². The summed E-state index contributed by atoms with van der Waals surface area (Å²) in [6.07, 6.45) is 0.915. The lowest BCUT2D eigenvalue weighted by atomic mass is 10.1. The fourth-order valence-electron chi connectivity index (χ4n) is 3.86. The molecule has 7 heteroatoms. The zero-order valence-electron chi connectivity index (χ0n) is 21.9. The van der Waals surface area contributed by atoms with Crippen LogP contribution in [0.1, 0.15) is 38.3 Å². The number of fused-ring (bicyclic) bond motifs is 1. The van der Waals surface area contributed by atoms with Crippen LogP contribution < -0.4 is 14.2 Å². The molecule has 0 aromatic heterocycles. The van der Waals surface area contributed by atoms with Crippen LogP contribution in [0.15, 0.2) is 91.5 Å². The number of hydrogen-bond donors (Lipinski definition) is 1. The molecule has 0 radical (unpaired) electrons. The number of carbonyl (C=O) groups excluding carboxylic acids is 2. The van der Waals surface area contributed by atoms with E-state index in [4.69, 9.17) is 18.9 Å². The minimum atomic E-state index is -0.979. The first-order valence-corrected chi connectivity index (χ1v) is 12.5. The molecule has 4 aromatic rings. The summed E-state index contributed by atoms with van der Waals surface area (Å²) in [5.74, 6) is 0.587. The summed E-state index contributed by atoms with van der Waals surface area (Å²) in [5.41, 5.74) is 2.80. The zero-order valence-corrected chi connectivity index (χ0v) is 21.9. The highest BCUT2D eigenvalue weighted by molar-refractivity contribution is 5.97. The van der Waals surface area contributed by atoms with Gasteiger partial charge in [-0.15, -0.1) is 0 Å². The van der Waals surface area contributed by atoms with E-state index < -0.39 is 18.2 Å². The zero-order chi connectivity index (χ0) is 27.8. The highest BCUT2D eigenvalue weighted by Gasteiger charge is 2.13. The van der Waals surface area contributed by atoms with Gasteiger partial charge in [0, 0.05) is 6.42 Å². The Morgan fingerprint density at radius 2 is 1.46 bits per heavy atom. The van der Waals surface area contributed by atoms with Crippen LogP contribution in [0.3, 0.4) is 0 Å². The fraction of sp³-hybridized carbons (Fsp3) is 0.188. The van der Waals surface area contributed by atoms with Crippen LogP contribution in [0.4, 0.5) is 0 Å². The molecule has 39 heavy (non-hydrogen) atoms. The topological polar surface area (TPSA) is 91.3 Å². The molecule has 0 spiro atoms. The Labute approximate surface area is 227 Å². The van der Waals surface area contributed by atoms with Crippen LogP contribution in [0.25, 0.3) is 10.8 Å². The van der Waals surface area contributed by atoms with Gasteiger partial charge >= 0.3 is 11.9 Å². The Balaban J connectivity index is 1.33. The van der Waals surface area contributed by atoms with E-state index in [2.05, 4.69) is 6.58 Å². The summed E-state index contributed by atoms with van der Waals surface area (Å²) in [6, 6.07) is 22.7. The van der Waals surface area contributed by atoms with E-state index in [0.717, 1.165) is 21.9 Å². The van der Waals surface area contributed by atoms with E-state index in [1.807, 2.05) is 26.0 Å². The highest BCUT2D eigenvalue weighted by Crippen LogP contribution is 2.25. The van der Waals surface area contributed by atoms with Gasteiger partial charge in [0.15, 0.2) is 6.29 Å². The van der Waals surface area contributed by atoms with Crippen molar-refractivity contribution >= 4 is 22.7 Å². The third kappa shape index (κ3) is 7.54. The molecule has 0 saturated carbocycles. The predicted molar refractivity (Wildman–Crippen MR) is 148 cm³/mol. The van der Waals surface area contributed by atoms with E-state index in [1.165, 1.54) is 6.08 Å². The molecule has 1 unspecified atom stereocenters. The van der Waals surface area contributed by atoms with Gasteiger partial charge in [0.2, 0.25) is 0 Å². The Hall–Kier alpha value is -4.46. The van der Waals surface area contributed by atoms with Crippen molar-refractivity contribution in [2.24, 2.45) is 0 Å². The number of hydrogen-bond acceptors (Lipinski definition) is 7. The molecule has 0 aliphatic heterocycles. The molecule has 0 amide bonds. The number of esters is 2. The van der Waals surface area contributed by atoms with Crippen molar-refractivity contribution in [1.29, 1.82) is 0 Å². The third-order valence-electron chi connectivity index (χ3n) is 5.93. The molecule has 0 bridgehead atoms. The van der Waals surface area contributed by atoms with Crippen molar-refractivity contribution in [2.45, 2.75) is 26.6 Å². The number of carbonyl (C=O) groups is 2. The minimum Gasteiger partial charge on any atom is -0.494 e. The van der Waals surface area contributed by atoms with E-state index in [1.54, 1.807) is 66.7 Å². The molecule has 4 rings (SSSR count). The molecule has 0 aliphatic rings. The maximum Gasteiger partial charge on any atom is 0.343 e. The van der Waals surface area contributed by atoms with Crippen molar-refractivity contribution in [3.05, 3.63) is 114 Å². The van der Waals surface area contributed by atoms with Crippen LogP contribution in [0.5, 0.6) is 17.2 Å². The SMILES string of the molecule is C=CC(O)OCCCOc1ccc(C(=O)Oc2ccc3cc(C(=O)Oc4ccc(C)cc4C)ccc3c2)cc1. The Bertz CT molecular complexity index is 1470. The first-order chi connectivity index (χ1) is 18.8. The van der Waals surface area contributed by atoms with Gasteiger partial charge in [-0.2, -0.15) is 0 Å². The van der Waals surface area contributed by atoms with Crippen molar-refractivity contribution in [1.82, 2.24) is 0 Å². The molecule has 1 N–H and O–H groups in total. The summed E-state index contributed by atoms with van der Waals surface area (Å²) in [6.45, 7) is 8.05. The molecular formula is C32H30O7. The van der Waals surface area contributed by atoms with Crippen LogP contribution in [0, 0.1) is 13.8 Å². The average molecular weight is 527 g/mol. The Kier molecular flexibility index (Phi) is 9.10. The van der Waals surface area contributed by atoms with Gasteiger partial charge in [-0.3, -0.25) is 0 Å². The van der Waals surface area contributed by atoms with Gasteiger partial charge in [-0.1, -0.05) is 36.4 Å². The summed E-state index contributed by atoms with van der Waals surface area (Å²) < 4.78 is 21.8. The van der Waals surface area contributed by atoms with Crippen molar-refractivity contribution in [3.8, 4) is 17.2 Å². The first kappa shape index (κ1) is 27.6. The van der Waals surface area contributed by atoms with Gasteiger partial charge in [0.05, 0.1) is 24.3 Å². The highest BCUT2D eigenvalue weighted by atomic mass is 16.6. The van der Waals surface area contributed by atoms with Crippen LogP contribution >= 0.6 is 0 Å². The van der Waals surface area contributed by atoms with E-state index in [0.29, 0.717) is 48.0 Å². The molecule has 1 atom stereocenters. The van der Waals surface area contributed by atoms with Gasteiger partial charge in [0.25, 0.3) is 0 Å². The number of ether oxygens (including phenoxy) is 4. The second kappa shape index (κ2) is 12.9. The Morgan fingerprint density at radius 3 is 2.21 bits per heavy atom. The van der Waals surface area contributed by atoms with E-state index in [9.17, 15) is 14.7 Å². The lowest BCUT2D eigenvalue weighted by molar-refractivity contribution is -0.0663. The van der Waals surface area contributed by atoms with E-state index >= 15 is 0 Å². The quantitative estimate of drug-likeness (QED) is 0.0820. The van der Waals surface area contributed by atoms with Crippen molar-refractivity contribution in [3.63, 3.8) is 0 Å². The second-order valence-electron chi connectivity index (χ2n) is 9.00. The number of rotatable bonds is 11. The molecule has 7 nitrogen and oxygen atoms in total. The number of aliphatic hydroxyl groups is 1. The number of aryl methyl sites for hydroxylation is 2. The van der Waals surface area contributed by atoms with Crippen LogP contribution in [-0.4, -0.2) is 36.5 Å². The summed E-state index contributed by atoms with van der Waals surface area (Å²) >= 11 is 0. The van der Waals surface area contributed by atoms with Crippen molar-refractivity contribution < 1.29 is 33.6 Å². The lowest BCUT2D eigenvalue weighted by Gasteiger charge is -2.10. The lowest BCUT2D eigenvalue weighted by Crippen LogP contribution is -2.11. The largest absolute Gasteiger partial charge is 0.494 e. The normalized spacial score (nSPS) is 11.6. The molecule has 0 heterocycles. The van der Waals surface area contributed by atoms with Gasteiger partial charge in [-0.05, 0) is 90.9 Å². The van der Waals surface area contributed by atoms with Crippen molar-refractivity contribution in [2.75, 3.05) is 13.2 Å². The third-order valence-corrected chi connectivity index (χ3v) is 5.93. The van der Waals surface area contributed by atoms with Gasteiger partial charge < -0.3 is 24.1 Å². The Morgan fingerprint density at radius 1 is 0.795 bits per heavy atom. The van der Waals surface area contributed by atoms with E-state index in [-0.39, 0.29) is 0 Å². The summed E-state index contributed by atoms with van der Waals surface area (Å²) in [7, 11) is 0. The first-order valence-electron chi connectivity index (χ1n) is 12.5. The summed E-state index contributed by atoms with van der Waals surface area (Å²) in [5, 5.41) is 10.9. The molecule has 200 valence electrons. The van der Waals surface area contributed by atoms with Crippen LogP contribution in [-0.2, 0) is 4.74 Å². The maximum absolute atomic E-state index is 12.7. The monoisotopic (exact) mass is 526 g/mol. The number of aliphatic hydroxyl groups excluding tert-OH is 1. The standard InChI is InChI=1S/C32H30O7/c1-4-30(33)37-17-5-16-36-27-12-9-23(10-13-27)31(34)38-28-14-11-24-19-26(8-7-25(24)20-28)32(35)39-29-15-6-21(2)18-22(29)3/h4,6-15,18-20,30,33H,1,5,16-17H2,2-3H3. The average Bonchev–Trinajstić information content (AvgIpc) is 2.94. The molecular weight excluding hydrogens is 496 g/mol.